The molecule has 0 bridgehead atoms. The van der Waals surface area contributed by atoms with Crippen molar-refractivity contribution in [1.29, 1.82) is 0 Å². The van der Waals surface area contributed by atoms with Crippen molar-refractivity contribution in [3.05, 3.63) is 95.7 Å². The van der Waals surface area contributed by atoms with E-state index < -0.39 is 5.97 Å². The maximum Gasteiger partial charge on any atom is 0.332 e. The van der Waals surface area contributed by atoms with Gasteiger partial charge in [-0.1, -0.05) is 53.2 Å². The van der Waals surface area contributed by atoms with Crippen LogP contribution < -0.4 is 0 Å². The summed E-state index contributed by atoms with van der Waals surface area (Å²) >= 11 is 1.53. The molecule has 5 nitrogen and oxygen atoms in total. The van der Waals surface area contributed by atoms with Crippen LogP contribution in [0.5, 0.6) is 0 Å². The van der Waals surface area contributed by atoms with Gasteiger partial charge in [0.15, 0.2) is 11.5 Å². The number of furan rings is 1. The molecule has 0 aliphatic rings. The maximum atomic E-state index is 12.9. The number of carbonyl (C=O) groups excluding carboxylic acids is 2. The minimum Gasteiger partial charge on any atom is -0.453 e. The number of rotatable bonds is 6. The highest BCUT2D eigenvalue weighted by molar-refractivity contribution is 7.99. The monoisotopic (exact) mass is 525 g/mol. The fraction of sp³-hybridized carbons (Fsp3) is 0.0606. The van der Waals surface area contributed by atoms with Crippen molar-refractivity contribution in [3.63, 3.8) is 0 Å². The van der Waals surface area contributed by atoms with Gasteiger partial charge in [-0.15, -0.1) is 0 Å². The molecule has 0 atom stereocenters. The van der Waals surface area contributed by atoms with E-state index in [4.69, 9.17) is 9.25 Å². The molecular formula is C33H19NO4S. The van der Waals surface area contributed by atoms with Gasteiger partial charge in [-0.05, 0) is 96.9 Å². The summed E-state index contributed by atoms with van der Waals surface area (Å²) in [6.45, 7) is 2.94. The smallest absolute Gasteiger partial charge is 0.332 e. The van der Waals surface area contributed by atoms with Crippen LogP contribution in [0.4, 0.5) is 0 Å². The van der Waals surface area contributed by atoms with Gasteiger partial charge in [0, 0.05) is 33.2 Å². The first kappa shape index (κ1) is 26.7. The summed E-state index contributed by atoms with van der Waals surface area (Å²) in [5.74, 6) is 20.6. The topological polar surface area (TPSA) is 68.9 Å². The first-order chi connectivity index (χ1) is 19.0. The Morgan fingerprint density at radius 1 is 0.795 bits per heavy atom. The molecule has 3 aromatic carbocycles. The van der Waals surface area contributed by atoms with Crippen molar-refractivity contribution in [2.24, 2.45) is 5.16 Å². The van der Waals surface area contributed by atoms with E-state index in [-0.39, 0.29) is 11.5 Å². The molecule has 4 rings (SSSR count). The highest BCUT2D eigenvalue weighted by Crippen LogP contribution is 2.29. The highest BCUT2D eigenvalue weighted by Gasteiger charge is 2.14. The molecule has 1 heterocycles. The lowest BCUT2D eigenvalue weighted by molar-refractivity contribution is -0.140. The second-order valence-electron chi connectivity index (χ2n) is 7.78. The van der Waals surface area contributed by atoms with Crippen molar-refractivity contribution in [3.8, 4) is 47.4 Å². The molecule has 0 saturated carbocycles. The number of oxime groups is 1. The van der Waals surface area contributed by atoms with Gasteiger partial charge in [-0.2, -0.15) is 0 Å². The van der Waals surface area contributed by atoms with Crippen LogP contribution in [-0.4, -0.2) is 17.5 Å². The van der Waals surface area contributed by atoms with E-state index in [1.165, 1.54) is 18.7 Å². The lowest BCUT2D eigenvalue weighted by Gasteiger charge is -2.05. The molecule has 4 aromatic rings. The fourth-order valence-electron chi connectivity index (χ4n) is 3.26. The summed E-state index contributed by atoms with van der Waals surface area (Å²) < 4.78 is 5.70. The van der Waals surface area contributed by atoms with Crippen LogP contribution in [0, 0.1) is 47.4 Å². The van der Waals surface area contributed by atoms with Gasteiger partial charge < -0.3 is 9.25 Å². The molecule has 0 fully saturated rings. The molecule has 0 amide bonds. The van der Waals surface area contributed by atoms with Crippen LogP contribution in [0.3, 0.4) is 0 Å². The van der Waals surface area contributed by atoms with Crippen LogP contribution in [-0.2, 0) is 9.63 Å². The second kappa shape index (κ2) is 13.2. The van der Waals surface area contributed by atoms with Crippen LogP contribution >= 0.6 is 11.8 Å². The van der Waals surface area contributed by atoms with Gasteiger partial charge in [0.25, 0.3) is 0 Å². The molecule has 0 N–H and O–H groups in total. The summed E-state index contributed by atoms with van der Waals surface area (Å²) in [5.41, 5.74) is 2.14. The zero-order chi connectivity index (χ0) is 27.5. The van der Waals surface area contributed by atoms with Gasteiger partial charge in [-0.3, -0.25) is 4.79 Å². The minimum atomic E-state index is -0.557. The quantitative estimate of drug-likeness (QED) is 0.0998. The predicted molar refractivity (Wildman–Crippen MR) is 152 cm³/mol. The van der Waals surface area contributed by atoms with Crippen LogP contribution in [0.25, 0.3) is 11.0 Å². The molecule has 0 unspecified atom stereocenters. The molecule has 0 aliphatic carbocycles. The Morgan fingerprint density at radius 3 is 2.05 bits per heavy atom. The molecule has 186 valence electrons. The van der Waals surface area contributed by atoms with E-state index in [9.17, 15) is 9.59 Å². The molecule has 0 spiro atoms. The van der Waals surface area contributed by atoms with Crippen molar-refractivity contribution in [1.82, 2.24) is 0 Å². The first-order valence-corrected chi connectivity index (χ1v) is 12.4. The number of hydrogen-bond acceptors (Lipinski definition) is 6. The van der Waals surface area contributed by atoms with E-state index in [0.717, 1.165) is 15.2 Å². The Kier molecular flexibility index (Phi) is 9.04. The van der Waals surface area contributed by atoms with Crippen molar-refractivity contribution < 1.29 is 18.8 Å². The summed E-state index contributed by atoms with van der Waals surface area (Å²) in [7, 11) is 0. The molecular weight excluding hydrogens is 506 g/mol. The first-order valence-electron chi connectivity index (χ1n) is 11.6. The average molecular weight is 526 g/mol. The van der Waals surface area contributed by atoms with Crippen LogP contribution in [0.15, 0.2) is 98.2 Å². The van der Waals surface area contributed by atoms with Gasteiger partial charge >= 0.3 is 5.97 Å². The van der Waals surface area contributed by atoms with Crippen molar-refractivity contribution in [2.75, 3.05) is 0 Å². The number of ketones is 1. The molecule has 0 saturated heterocycles. The Hall–Kier alpha value is -5.40. The molecule has 1 aromatic heterocycles. The number of hydrogen-bond donors (Lipinski definition) is 0. The van der Waals surface area contributed by atoms with E-state index in [0.29, 0.717) is 22.5 Å². The molecule has 0 aliphatic heterocycles. The summed E-state index contributed by atoms with van der Waals surface area (Å²) in [4.78, 5) is 30.8. The number of fused-ring (bicyclic) bond motifs is 1. The third kappa shape index (κ3) is 7.55. The number of nitrogens with zero attached hydrogens (tertiary/aromatic N) is 1. The summed E-state index contributed by atoms with van der Waals surface area (Å²) in [5, 5.41) is 4.73. The van der Waals surface area contributed by atoms with E-state index >= 15 is 0 Å². The third-order valence-corrected chi connectivity index (χ3v) is 6.03. The Bertz CT molecular complexity index is 1780. The van der Waals surface area contributed by atoms with Crippen LogP contribution in [0.2, 0.25) is 0 Å². The van der Waals surface area contributed by atoms with Crippen LogP contribution in [0.1, 0.15) is 35.5 Å². The average Bonchev–Trinajstić information content (AvgIpc) is 3.39. The standard InChI is InChI=1S/C33H19NO4S/c1-3-4-5-6-7-8-9-13-30(34-38-24(2)35)25-15-19-28(20-16-25)39-29-21-17-26(18-22-29)33(36)32-23-27-12-10-11-14-31(27)37-32/h10-12,14-23H,1-2H3. The maximum absolute atomic E-state index is 12.9. The molecule has 39 heavy (non-hydrogen) atoms. The summed E-state index contributed by atoms with van der Waals surface area (Å²) in [6.07, 6.45) is 0. The van der Waals surface area contributed by atoms with E-state index in [2.05, 4.69) is 52.5 Å². The fourth-order valence-corrected chi connectivity index (χ4v) is 4.08. The van der Waals surface area contributed by atoms with Crippen molar-refractivity contribution in [2.45, 2.75) is 23.6 Å². The van der Waals surface area contributed by atoms with E-state index in [1.54, 1.807) is 25.1 Å². The third-order valence-electron chi connectivity index (χ3n) is 5.01. The SMILES string of the molecule is CC#CC#CC#CC#CC(=NOC(C)=O)c1ccc(Sc2ccc(C(=O)c3cc4ccccc4o3)cc2)cc1. The van der Waals surface area contributed by atoms with E-state index in [1.807, 2.05) is 60.7 Å². The number of carbonyl (C=O) groups is 2. The van der Waals surface area contributed by atoms with Gasteiger partial charge in [0.1, 0.15) is 5.58 Å². The minimum absolute atomic E-state index is 0.167. The predicted octanol–water partition coefficient (Wildman–Crippen LogP) is 6.12. The number of para-hydroxylation sites is 1. The Labute approximate surface area is 230 Å². The largest absolute Gasteiger partial charge is 0.453 e. The van der Waals surface area contributed by atoms with Gasteiger partial charge in [-0.25, -0.2) is 4.79 Å². The number of benzene rings is 3. The zero-order valence-corrected chi connectivity index (χ0v) is 21.8. The molecule has 6 heteroatoms. The zero-order valence-electron chi connectivity index (χ0n) is 21.0. The van der Waals surface area contributed by atoms with Gasteiger partial charge in [0.2, 0.25) is 5.78 Å². The second-order valence-corrected chi connectivity index (χ2v) is 8.92. The van der Waals surface area contributed by atoms with Crippen molar-refractivity contribution >= 4 is 40.2 Å². The Balaban J connectivity index is 1.45. The normalized spacial score (nSPS) is 9.95. The lowest BCUT2D eigenvalue weighted by Crippen LogP contribution is -2.01. The molecule has 0 radical (unpaired) electrons. The van der Waals surface area contributed by atoms with Gasteiger partial charge in [0.05, 0.1) is 0 Å². The Morgan fingerprint density at radius 2 is 1.41 bits per heavy atom. The lowest BCUT2D eigenvalue weighted by atomic mass is 10.1. The highest BCUT2D eigenvalue weighted by atomic mass is 32.2. The summed E-state index contributed by atoms with van der Waals surface area (Å²) in [6, 6.07) is 24.1.